The second-order valence-corrected chi connectivity index (χ2v) is 1.50. The molecule has 0 bridgehead atoms. The van der Waals surface area contributed by atoms with E-state index in [1.165, 1.54) is 0 Å². The molecule has 0 aliphatic rings. The van der Waals surface area contributed by atoms with Gasteiger partial charge in [0.1, 0.15) is 0 Å². The molecule has 0 amide bonds. The normalized spacial score (nSPS) is 7.62. The molecule has 0 rings (SSSR count). The number of carboxylic acid groups (broad SMARTS) is 1. The van der Waals surface area contributed by atoms with Crippen molar-refractivity contribution in [2.75, 3.05) is 0 Å². The van der Waals surface area contributed by atoms with E-state index in [9.17, 15) is 4.79 Å². The minimum Gasteiger partial charge on any atom is -0.481 e. The van der Waals surface area contributed by atoms with Gasteiger partial charge in [0.2, 0.25) is 0 Å². The molecule has 0 aromatic carbocycles. The van der Waals surface area contributed by atoms with Gasteiger partial charge in [-0.15, -0.1) is 0 Å². The van der Waals surface area contributed by atoms with E-state index in [1.807, 2.05) is 6.92 Å². The van der Waals surface area contributed by atoms with Crippen molar-refractivity contribution in [1.29, 1.82) is 0 Å². The van der Waals surface area contributed by atoms with Crippen LogP contribution in [0.4, 0.5) is 0 Å². The molecule has 0 atom stereocenters. The van der Waals surface area contributed by atoms with Crippen molar-refractivity contribution in [1.82, 2.24) is 0 Å². The van der Waals surface area contributed by atoms with Crippen LogP contribution in [0.2, 0.25) is 0 Å². The van der Waals surface area contributed by atoms with E-state index in [0.717, 1.165) is 12.8 Å². The maximum absolute atomic E-state index is 9.76. The van der Waals surface area contributed by atoms with Crippen LogP contribution < -0.4 is 0 Å². The van der Waals surface area contributed by atoms with E-state index in [-0.39, 0.29) is 40.8 Å². The van der Waals surface area contributed by atoms with E-state index >= 15 is 0 Å². The average Bonchev–Trinajstić information content (AvgIpc) is 1.61. The van der Waals surface area contributed by atoms with Gasteiger partial charge in [0, 0.05) is 47.3 Å². The zero-order chi connectivity index (χ0) is 5.70. The molecule has 0 saturated heterocycles. The summed E-state index contributed by atoms with van der Waals surface area (Å²) in [5, 5.41) is 8.04. The Bertz CT molecular complexity index is 63.4. The van der Waals surface area contributed by atoms with E-state index in [4.69, 9.17) is 5.11 Å². The van der Waals surface area contributed by atoms with E-state index in [1.54, 1.807) is 0 Å². The molecule has 0 aliphatic heterocycles. The van der Waals surface area contributed by atoms with Gasteiger partial charge >= 0.3 is 5.97 Å². The fourth-order valence-corrected chi connectivity index (χ4v) is 0.328. The molecule has 0 aromatic heterocycles. The molecule has 46 valence electrons. The molecule has 0 fully saturated rings. The van der Waals surface area contributed by atoms with Crippen LogP contribution in [0.25, 0.3) is 0 Å². The predicted molar refractivity (Wildman–Crippen MR) is 27.2 cm³/mol. The first-order chi connectivity index (χ1) is 3.27. The Morgan fingerprint density at radius 3 is 2.25 bits per heavy atom. The largest absolute Gasteiger partial charge is 0.481 e. The van der Waals surface area contributed by atoms with Crippen LogP contribution in [-0.2, 0) is 4.79 Å². The van der Waals surface area contributed by atoms with Gasteiger partial charge in [-0.05, 0) is 6.42 Å². The summed E-state index contributed by atoms with van der Waals surface area (Å²) in [5.41, 5.74) is 0. The summed E-state index contributed by atoms with van der Waals surface area (Å²) in [5.74, 6) is -0.693. The number of hydrogen-bond acceptors (Lipinski definition) is 1. The number of rotatable bonds is 3. The van der Waals surface area contributed by atoms with Gasteiger partial charge in [0.05, 0.1) is 0 Å². The zero-order valence-corrected chi connectivity index (χ0v) is 8.18. The van der Waals surface area contributed by atoms with Gasteiger partial charge in [0.25, 0.3) is 0 Å². The molecule has 3 heteroatoms. The van der Waals surface area contributed by atoms with Crippen LogP contribution in [-0.4, -0.2) is 11.1 Å². The van der Waals surface area contributed by atoms with Crippen LogP contribution in [0.3, 0.4) is 0 Å². The Kier molecular flexibility index (Phi) is 11.3. The Morgan fingerprint density at radius 2 is 2.12 bits per heavy atom. The molecule has 0 aliphatic carbocycles. The third-order valence-electron chi connectivity index (χ3n) is 0.744. The van der Waals surface area contributed by atoms with Gasteiger partial charge in [-0.25, -0.2) is 0 Å². The first kappa shape index (κ1) is 11.6. The van der Waals surface area contributed by atoms with Gasteiger partial charge in [0.15, 0.2) is 0 Å². The maximum Gasteiger partial charge on any atom is 0.303 e. The van der Waals surface area contributed by atoms with E-state index < -0.39 is 5.97 Å². The topological polar surface area (TPSA) is 37.3 Å². The number of carbonyl (C=O) groups is 1. The van der Waals surface area contributed by atoms with Crippen molar-refractivity contribution >= 4 is 5.97 Å². The molecule has 0 unspecified atom stereocenters. The van der Waals surface area contributed by atoms with Crippen molar-refractivity contribution < 1.29 is 50.7 Å². The Hall–Kier alpha value is 0.821. The summed E-state index contributed by atoms with van der Waals surface area (Å²) < 4.78 is 0. The summed E-state index contributed by atoms with van der Waals surface area (Å²) in [7, 11) is 0. The van der Waals surface area contributed by atoms with E-state index in [2.05, 4.69) is 0 Å². The summed E-state index contributed by atoms with van der Waals surface area (Å²) in [6, 6.07) is 0. The van der Waals surface area contributed by atoms with Crippen molar-refractivity contribution in [2.45, 2.75) is 26.2 Å². The molecule has 0 spiro atoms. The van der Waals surface area contributed by atoms with E-state index in [0.29, 0.717) is 6.42 Å². The van der Waals surface area contributed by atoms with Crippen LogP contribution in [0.1, 0.15) is 26.2 Å². The quantitative estimate of drug-likeness (QED) is 0.814. The molecule has 1 N–H and O–H groups in total. The number of hydrogen-bond donors (Lipinski definition) is 1. The summed E-state index contributed by atoms with van der Waals surface area (Å²) in [6.07, 6.45) is 2.08. The molecule has 0 radical (unpaired) electrons. The SMILES string of the molecule is CCCCC(=O)O.[Nd]. The fraction of sp³-hybridized carbons (Fsp3) is 0.800. The monoisotopic (exact) mass is 244 g/mol. The summed E-state index contributed by atoms with van der Waals surface area (Å²) in [6.45, 7) is 1.98. The zero-order valence-electron chi connectivity index (χ0n) is 4.98. The molecular weight excluding hydrogens is 236 g/mol. The van der Waals surface area contributed by atoms with Crippen molar-refractivity contribution in [2.24, 2.45) is 0 Å². The minimum atomic E-state index is -0.693. The number of aliphatic carboxylic acids is 1. The second-order valence-electron chi connectivity index (χ2n) is 1.50. The van der Waals surface area contributed by atoms with Crippen LogP contribution in [0, 0.1) is 40.8 Å². The molecule has 0 aromatic rings. The van der Waals surface area contributed by atoms with Gasteiger partial charge < -0.3 is 5.11 Å². The predicted octanol–water partition coefficient (Wildman–Crippen LogP) is 1.26. The first-order valence-electron chi connectivity index (χ1n) is 2.49. The molecular formula is C5H10NdO2. The Morgan fingerprint density at radius 1 is 1.62 bits per heavy atom. The van der Waals surface area contributed by atoms with Gasteiger partial charge in [-0.2, -0.15) is 0 Å². The minimum absolute atomic E-state index is 0. The number of unbranched alkanes of at least 4 members (excludes halogenated alkanes) is 1. The molecule has 0 heterocycles. The average molecular weight is 246 g/mol. The molecule has 2 nitrogen and oxygen atoms in total. The van der Waals surface area contributed by atoms with Gasteiger partial charge in [-0.1, -0.05) is 13.3 Å². The third kappa shape index (κ3) is 9.94. The molecule has 0 saturated carbocycles. The second kappa shape index (κ2) is 7.82. The smallest absolute Gasteiger partial charge is 0.303 e. The summed E-state index contributed by atoms with van der Waals surface area (Å²) >= 11 is 0. The third-order valence-corrected chi connectivity index (χ3v) is 0.744. The van der Waals surface area contributed by atoms with Gasteiger partial charge in [-0.3, -0.25) is 4.79 Å². The Balaban J connectivity index is 0. The number of carboxylic acids is 1. The summed E-state index contributed by atoms with van der Waals surface area (Å²) in [4.78, 5) is 9.76. The standard InChI is InChI=1S/C5H10O2.Nd/c1-2-3-4-5(6)7;/h2-4H2,1H3,(H,6,7);. The first-order valence-corrected chi connectivity index (χ1v) is 2.49. The molecule has 8 heavy (non-hydrogen) atoms. The van der Waals surface area contributed by atoms with Crippen LogP contribution in [0.15, 0.2) is 0 Å². The van der Waals surface area contributed by atoms with Crippen LogP contribution >= 0.6 is 0 Å². The Labute approximate surface area is 82.2 Å². The fourth-order valence-electron chi connectivity index (χ4n) is 0.328. The van der Waals surface area contributed by atoms with Crippen LogP contribution in [0.5, 0.6) is 0 Å². The van der Waals surface area contributed by atoms with Crippen molar-refractivity contribution in [3.8, 4) is 0 Å². The van der Waals surface area contributed by atoms with Crippen molar-refractivity contribution in [3.05, 3.63) is 0 Å². The maximum atomic E-state index is 9.76. The van der Waals surface area contributed by atoms with Crippen molar-refractivity contribution in [3.63, 3.8) is 0 Å².